The van der Waals surface area contributed by atoms with Gasteiger partial charge in [-0.25, -0.2) is 9.10 Å². The number of pyridine rings is 1. The van der Waals surface area contributed by atoms with Crippen LogP contribution in [0.1, 0.15) is 15.9 Å². The van der Waals surface area contributed by atoms with E-state index in [0.717, 1.165) is 10.5 Å². The molecule has 9 heteroatoms. The highest BCUT2D eigenvalue weighted by Crippen LogP contribution is 2.38. The summed E-state index contributed by atoms with van der Waals surface area (Å²) in [6.45, 7) is 1.36. The Bertz CT molecular complexity index is 816. The maximum atomic E-state index is 11.7. The summed E-state index contributed by atoms with van der Waals surface area (Å²) in [5.74, 6) is -0.622. The highest BCUT2D eigenvalue weighted by atomic mass is 32.2. The first-order valence-electron chi connectivity index (χ1n) is 8.33. The van der Waals surface area contributed by atoms with E-state index in [9.17, 15) is 14.9 Å². The second-order valence-electron chi connectivity index (χ2n) is 6.21. The van der Waals surface area contributed by atoms with E-state index < -0.39 is 13.1 Å². The summed E-state index contributed by atoms with van der Waals surface area (Å²) in [5, 5.41) is 19.3. The maximum Gasteiger partial charge on any atom is 0.522 e. The van der Waals surface area contributed by atoms with E-state index in [1.807, 2.05) is 18.2 Å². The molecule has 4 rings (SSSR count). The molecule has 1 aromatic carbocycles. The molecule has 2 aliphatic rings. The number of carboxylic acid groups (broad SMARTS) is 1. The third-order valence-electron chi connectivity index (χ3n) is 4.31. The summed E-state index contributed by atoms with van der Waals surface area (Å²) >= 11 is 1.60. The van der Waals surface area contributed by atoms with Crippen LogP contribution < -0.4 is 9.39 Å². The van der Waals surface area contributed by atoms with Crippen LogP contribution in [0, 0.1) is 0 Å². The lowest BCUT2D eigenvalue weighted by atomic mass is 9.78. The first-order chi connectivity index (χ1) is 12.6. The average Bonchev–Trinajstić information content (AvgIpc) is 2.60. The van der Waals surface area contributed by atoms with Crippen LogP contribution in [0.25, 0.3) is 0 Å². The summed E-state index contributed by atoms with van der Waals surface area (Å²) in [6.07, 6.45) is 4.47. The van der Waals surface area contributed by atoms with Gasteiger partial charge in [0.25, 0.3) is 0 Å². The Kier molecular flexibility index (Phi) is 4.75. The van der Waals surface area contributed by atoms with Crippen LogP contribution in [0.5, 0.6) is 11.5 Å². The summed E-state index contributed by atoms with van der Waals surface area (Å²) in [6, 6.07) is 7.36. The Labute approximate surface area is 155 Å². The van der Waals surface area contributed by atoms with Gasteiger partial charge in [-0.1, -0.05) is 6.07 Å². The SMILES string of the molecule is O=C(O)c1c(OC2CN(Sc3cccnc3)C2)ccc2c1OB(O)CC2. The molecule has 1 aromatic heterocycles. The second kappa shape index (κ2) is 7.18. The second-order valence-corrected chi connectivity index (χ2v) is 7.38. The number of aromatic carboxylic acids is 1. The molecule has 0 atom stereocenters. The van der Waals surface area contributed by atoms with Crippen LogP contribution in [0.2, 0.25) is 6.32 Å². The fourth-order valence-electron chi connectivity index (χ4n) is 2.99. The molecule has 0 radical (unpaired) electrons. The summed E-state index contributed by atoms with van der Waals surface area (Å²) in [7, 11) is -0.981. The van der Waals surface area contributed by atoms with Crippen molar-refractivity contribution in [3.63, 3.8) is 0 Å². The number of aryl methyl sites for hydroxylation is 1. The molecule has 26 heavy (non-hydrogen) atoms. The van der Waals surface area contributed by atoms with Crippen LogP contribution in [0.15, 0.2) is 41.6 Å². The summed E-state index contributed by atoms with van der Waals surface area (Å²) in [5.41, 5.74) is 0.766. The smallest absolute Gasteiger partial charge is 0.522 e. The monoisotopic (exact) mass is 372 g/mol. The van der Waals surface area contributed by atoms with Gasteiger partial charge in [0.15, 0.2) is 0 Å². The molecule has 0 unspecified atom stereocenters. The molecular formula is C17H17BN2O5S. The van der Waals surface area contributed by atoms with Crippen molar-refractivity contribution in [2.24, 2.45) is 0 Å². The third kappa shape index (κ3) is 3.51. The van der Waals surface area contributed by atoms with Crippen molar-refractivity contribution >= 4 is 25.0 Å². The lowest BCUT2D eigenvalue weighted by Gasteiger charge is -2.38. The Morgan fingerprint density at radius 2 is 2.23 bits per heavy atom. The lowest BCUT2D eigenvalue weighted by Crippen LogP contribution is -2.50. The van der Waals surface area contributed by atoms with Crippen LogP contribution >= 0.6 is 11.9 Å². The number of aromatic nitrogens is 1. The van der Waals surface area contributed by atoms with Crippen molar-refractivity contribution in [1.29, 1.82) is 0 Å². The van der Waals surface area contributed by atoms with Gasteiger partial charge in [0, 0.05) is 30.4 Å². The fraction of sp³-hybridized carbons (Fsp3) is 0.294. The van der Waals surface area contributed by atoms with Gasteiger partial charge in [-0.05, 0) is 48.5 Å². The van der Waals surface area contributed by atoms with Crippen LogP contribution in [0.4, 0.5) is 0 Å². The maximum absolute atomic E-state index is 11.7. The van der Waals surface area contributed by atoms with Crippen LogP contribution in [-0.4, -0.2) is 51.7 Å². The van der Waals surface area contributed by atoms with Gasteiger partial charge in [0.05, 0.1) is 0 Å². The molecular weight excluding hydrogens is 355 g/mol. The molecule has 2 N–H and O–H groups in total. The number of hydrogen-bond donors (Lipinski definition) is 2. The molecule has 0 amide bonds. The van der Waals surface area contributed by atoms with E-state index in [1.54, 1.807) is 30.4 Å². The van der Waals surface area contributed by atoms with E-state index in [0.29, 0.717) is 25.8 Å². The van der Waals surface area contributed by atoms with E-state index in [4.69, 9.17) is 9.39 Å². The van der Waals surface area contributed by atoms with Crippen molar-refractivity contribution in [2.75, 3.05) is 13.1 Å². The number of fused-ring (bicyclic) bond motifs is 1. The largest absolute Gasteiger partial charge is 0.535 e. The zero-order valence-corrected chi connectivity index (χ0v) is 14.7. The molecule has 1 fully saturated rings. The van der Waals surface area contributed by atoms with Crippen LogP contribution in [-0.2, 0) is 6.42 Å². The fourth-order valence-corrected chi connectivity index (χ4v) is 4.02. The van der Waals surface area contributed by atoms with Gasteiger partial charge in [0.2, 0.25) is 0 Å². The minimum absolute atomic E-state index is 0.0142. The number of carboxylic acids is 1. The first kappa shape index (κ1) is 17.2. The Morgan fingerprint density at radius 1 is 1.38 bits per heavy atom. The van der Waals surface area contributed by atoms with Crippen LogP contribution in [0.3, 0.4) is 0 Å². The molecule has 2 aliphatic heterocycles. The first-order valence-corrected chi connectivity index (χ1v) is 9.11. The van der Waals surface area contributed by atoms with E-state index in [-0.39, 0.29) is 23.2 Å². The van der Waals surface area contributed by atoms with Crippen molar-refractivity contribution in [3.05, 3.63) is 47.8 Å². The predicted molar refractivity (Wildman–Crippen MR) is 96.6 cm³/mol. The number of rotatable bonds is 5. The molecule has 1 saturated heterocycles. The van der Waals surface area contributed by atoms with Crippen molar-refractivity contribution in [3.8, 4) is 11.5 Å². The van der Waals surface area contributed by atoms with Gasteiger partial charge in [-0.2, -0.15) is 0 Å². The highest BCUT2D eigenvalue weighted by molar-refractivity contribution is 7.97. The van der Waals surface area contributed by atoms with E-state index in [1.165, 1.54) is 0 Å². The van der Waals surface area contributed by atoms with E-state index in [2.05, 4.69) is 9.29 Å². The zero-order chi connectivity index (χ0) is 18.1. The van der Waals surface area contributed by atoms with Gasteiger partial charge in [-0.15, -0.1) is 0 Å². The number of ether oxygens (including phenoxy) is 1. The van der Waals surface area contributed by atoms with Gasteiger partial charge < -0.3 is 19.5 Å². The molecule has 2 aromatic rings. The van der Waals surface area contributed by atoms with Crippen molar-refractivity contribution < 1.29 is 24.3 Å². The molecule has 3 heterocycles. The van der Waals surface area contributed by atoms with Gasteiger partial charge >= 0.3 is 13.1 Å². The number of carbonyl (C=O) groups is 1. The Hall–Kier alpha value is -2.23. The van der Waals surface area contributed by atoms with Gasteiger partial charge in [-0.3, -0.25) is 4.98 Å². The number of hydrogen-bond acceptors (Lipinski definition) is 7. The predicted octanol–water partition coefficient (Wildman–Crippen LogP) is 1.97. The zero-order valence-electron chi connectivity index (χ0n) is 13.9. The molecule has 0 aliphatic carbocycles. The minimum Gasteiger partial charge on any atom is -0.535 e. The van der Waals surface area contributed by atoms with E-state index >= 15 is 0 Å². The third-order valence-corrected chi connectivity index (χ3v) is 5.32. The molecule has 7 nitrogen and oxygen atoms in total. The minimum atomic E-state index is -1.12. The summed E-state index contributed by atoms with van der Waals surface area (Å²) < 4.78 is 13.4. The molecule has 0 bridgehead atoms. The summed E-state index contributed by atoms with van der Waals surface area (Å²) in [4.78, 5) is 16.9. The van der Waals surface area contributed by atoms with Gasteiger partial charge in [0.1, 0.15) is 23.2 Å². The Balaban J connectivity index is 1.44. The highest BCUT2D eigenvalue weighted by Gasteiger charge is 2.34. The molecule has 0 saturated carbocycles. The normalized spacial score (nSPS) is 17.2. The molecule has 134 valence electrons. The topological polar surface area (TPSA) is 92.1 Å². The Morgan fingerprint density at radius 3 is 2.96 bits per heavy atom. The lowest BCUT2D eigenvalue weighted by molar-refractivity contribution is 0.0651. The number of nitrogens with zero attached hydrogens (tertiary/aromatic N) is 2. The standard InChI is InChI=1S/C17H17BN2O5S/c21-17(22)15-14(4-3-11-5-6-18(23)25-16(11)15)24-12-9-20(10-12)26-13-2-1-7-19-8-13/h1-4,7-8,12,23H,5-6,9-10H2,(H,21,22). The van der Waals surface area contributed by atoms with Crippen molar-refractivity contribution in [1.82, 2.24) is 9.29 Å². The average molecular weight is 372 g/mol. The quantitative estimate of drug-likeness (QED) is 0.608. The van der Waals surface area contributed by atoms with Crippen molar-refractivity contribution in [2.45, 2.75) is 23.7 Å². The number of benzene rings is 1. The molecule has 0 spiro atoms.